The summed E-state index contributed by atoms with van der Waals surface area (Å²) in [6.45, 7) is 0. The fourth-order valence-electron chi connectivity index (χ4n) is 2.08. The fourth-order valence-corrected chi connectivity index (χ4v) is 3.27. The zero-order valence-electron chi connectivity index (χ0n) is 13.5. The second-order valence-corrected chi connectivity index (χ2v) is 7.46. The van der Waals surface area contributed by atoms with E-state index in [0.29, 0.717) is 26.2 Å². The van der Waals surface area contributed by atoms with Gasteiger partial charge in [-0.25, -0.2) is 4.98 Å². The normalized spacial score (nSPS) is 10.6. The van der Waals surface area contributed by atoms with Gasteiger partial charge in [0.2, 0.25) is 11.1 Å². The van der Waals surface area contributed by atoms with E-state index < -0.39 is 4.92 Å². The van der Waals surface area contributed by atoms with Crippen molar-refractivity contribution in [3.63, 3.8) is 0 Å². The first kappa shape index (κ1) is 19.3. The van der Waals surface area contributed by atoms with Crippen molar-refractivity contribution in [3.05, 3.63) is 62.1 Å². The molecule has 1 amide bonds. The molecular formula is C16H11BrClN5O3S. The van der Waals surface area contributed by atoms with Gasteiger partial charge in [0.15, 0.2) is 5.82 Å². The zero-order chi connectivity index (χ0) is 19.4. The number of hydrogen-bond donors (Lipinski definition) is 2. The van der Waals surface area contributed by atoms with Crippen molar-refractivity contribution in [2.45, 2.75) is 5.16 Å². The molecule has 0 saturated carbocycles. The second-order valence-electron chi connectivity index (χ2n) is 5.23. The number of hydrogen-bond acceptors (Lipinski definition) is 6. The summed E-state index contributed by atoms with van der Waals surface area (Å²) in [6, 6.07) is 11.3. The minimum atomic E-state index is -0.506. The van der Waals surface area contributed by atoms with Crippen LogP contribution in [0.15, 0.2) is 52.1 Å². The molecule has 3 rings (SSSR count). The van der Waals surface area contributed by atoms with Crippen molar-refractivity contribution in [2.75, 3.05) is 11.1 Å². The van der Waals surface area contributed by atoms with Gasteiger partial charge in [0, 0.05) is 27.2 Å². The molecule has 3 aromatic rings. The van der Waals surface area contributed by atoms with Gasteiger partial charge in [0.25, 0.3) is 5.69 Å². The minimum absolute atomic E-state index is 0.0651. The number of aromatic amines is 1. The third kappa shape index (κ3) is 5.06. The lowest BCUT2D eigenvalue weighted by atomic mass is 10.2. The number of nitrogens with zero attached hydrogens (tertiary/aromatic N) is 3. The molecule has 0 fully saturated rings. The lowest BCUT2D eigenvalue weighted by Crippen LogP contribution is -2.14. The van der Waals surface area contributed by atoms with Gasteiger partial charge in [-0.3, -0.25) is 20.0 Å². The molecule has 0 unspecified atom stereocenters. The Kier molecular flexibility index (Phi) is 6.09. The van der Waals surface area contributed by atoms with Crippen LogP contribution < -0.4 is 5.32 Å². The predicted octanol–water partition coefficient (Wildman–Crippen LogP) is 4.53. The number of thioether (sulfide) groups is 1. The maximum atomic E-state index is 12.1. The fraction of sp³-hybridized carbons (Fsp3) is 0.0625. The Morgan fingerprint density at radius 2 is 2.04 bits per heavy atom. The topological polar surface area (TPSA) is 114 Å². The van der Waals surface area contributed by atoms with Gasteiger partial charge < -0.3 is 5.32 Å². The first-order valence-electron chi connectivity index (χ1n) is 7.47. The Morgan fingerprint density at radius 1 is 1.30 bits per heavy atom. The van der Waals surface area contributed by atoms with Crippen molar-refractivity contribution >= 4 is 56.6 Å². The quantitative estimate of drug-likeness (QED) is 0.312. The zero-order valence-corrected chi connectivity index (χ0v) is 16.6. The van der Waals surface area contributed by atoms with Gasteiger partial charge in [0.05, 0.1) is 16.4 Å². The molecule has 0 radical (unpaired) electrons. The first-order chi connectivity index (χ1) is 12.9. The molecule has 0 aliphatic heterocycles. The van der Waals surface area contributed by atoms with Crippen molar-refractivity contribution < 1.29 is 9.72 Å². The lowest BCUT2D eigenvalue weighted by molar-refractivity contribution is -0.384. The summed E-state index contributed by atoms with van der Waals surface area (Å²) in [6.07, 6.45) is 0. The largest absolute Gasteiger partial charge is 0.324 e. The third-order valence-corrected chi connectivity index (χ3v) is 5.11. The van der Waals surface area contributed by atoms with Gasteiger partial charge >= 0.3 is 0 Å². The molecule has 0 atom stereocenters. The van der Waals surface area contributed by atoms with E-state index in [0.717, 1.165) is 5.56 Å². The van der Waals surface area contributed by atoms with E-state index in [9.17, 15) is 14.9 Å². The molecule has 2 N–H and O–H groups in total. The number of aromatic nitrogens is 3. The molecule has 8 nitrogen and oxygen atoms in total. The van der Waals surface area contributed by atoms with Crippen LogP contribution >= 0.6 is 39.3 Å². The Morgan fingerprint density at radius 3 is 2.70 bits per heavy atom. The average Bonchev–Trinajstić information content (AvgIpc) is 3.11. The molecule has 2 aromatic carbocycles. The molecule has 0 bridgehead atoms. The summed E-state index contributed by atoms with van der Waals surface area (Å²) in [5.41, 5.74) is 1.21. The molecule has 138 valence electrons. The first-order valence-corrected chi connectivity index (χ1v) is 9.63. The number of non-ortho nitro benzene ring substituents is 1. The van der Waals surface area contributed by atoms with Crippen LogP contribution in [0.4, 0.5) is 11.4 Å². The Labute approximate surface area is 171 Å². The number of rotatable bonds is 6. The number of nitro groups is 1. The SMILES string of the molecule is O=C(CSc1n[nH]c(-c2ccc(Cl)cc2)n1)Nc1ccc([N+](=O)[O-])cc1Br. The van der Waals surface area contributed by atoms with E-state index in [-0.39, 0.29) is 17.3 Å². The molecule has 1 aromatic heterocycles. The number of H-pyrrole nitrogens is 1. The summed E-state index contributed by atoms with van der Waals surface area (Å²) in [4.78, 5) is 26.7. The van der Waals surface area contributed by atoms with E-state index in [4.69, 9.17) is 11.6 Å². The number of halogens is 2. The lowest BCUT2D eigenvalue weighted by Gasteiger charge is -2.06. The van der Waals surface area contributed by atoms with Gasteiger partial charge in [-0.05, 0) is 46.3 Å². The highest BCUT2D eigenvalue weighted by Gasteiger charge is 2.13. The average molecular weight is 469 g/mol. The van der Waals surface area contributed by atoms with Crippen LogP contribution in [0.25, 0.3) is 11.4 Å². The van der Waals surface area contributed by atoms with Gasteiger partial charge in [-0.15, -0.1) is 5.10 Å². The Balaban J connectivity index is 1.58. The van der Waals surface area contributed by atoms with Crippen molar-refractivity contribution in [1.29, 1.82) is 0 Å². The molecule has 0 saturated heterocycles. The van der Waals surface area contributed by atoms with Crippen LogP contribution in [0.2, 0.25) is 5.02 Å². The molecule has 0 spiro atoms. The summed E-state index contributed by atoms with van der Waals surface area (Å²) in [5.74, 6) is 0.376. The monoisotopic (exact) mass is 467 g/mol. The third-order valence-electron chi connectivity index (χ3n) is 3.35. The maximum Gasteiger partial charge on any atom is 0.270 e. The van der Waals surface area contributed by atoms with Gasteiger partial charge in [0.1, 0.15) is 0 Å². The van der Waals surface area contributed by atoms with Crippen molar-refractivity contribution in [3.8, 4) is 11.4 Å². The Bertz CT molecular complexity index is 996. The summed E-state index contributed by atoms with van der Waals surface area (Å²) in [5, 5.41) is 21.4. The molecule has 0 aliphatic carbocycles. The van der Waals surface area contributed by atoms with Crippen molar-refractivity contribution in [2.24, 2.45) is 0 Å². The highest BCUT2D eigenvalue weighted by molar-refractivity contribution is 9.10. The molecular weight excluding hydrogens is 458 g/mol. The molecule has 1 heterocycles. The highest BCUT2D eigenvalue weighted by Crippen LogP contribution is 2.27. The van der Waals surface area contributed by atoms with Gasteiger partial charge in [-0.2, -0.15) is 0 Å². The number of anilines is 1. The molecule has 27 heavy (non-hydrogen) atoms. The number of carbonyl (C=O) groups is 1. The summed E-state index contributed by atoms with van der Waals surface area (Å²) in [7, 11) is 0. The van der Waals surface area contributed by atoms with E-state index >= 15 is 0 Å². The summed E-state index contributed by atoms with van der Waals surface area (Å²) < 4.78 is 0.429. The van der Waals surface area contributed by atoms with E-state index in [1.807, 2.05) is 12.1 Å². The highest BCUT2D eigenvalue weighted by atomic mass is 79.9. The molecule has 0 aliphatic rings. The van der Waals surface area contributed by atoms with E-state index in [1.165, 1.54) is 30.0 Å². The number of nitrogens with one attached hydrogen (secondary N) is 2. The standard InChI is InChI=1S/C16H11BrClN5O3S/c17-12-7-11(23(25)26)5-6-13(12)19-14(24)8-27-16-20-15(21-22-16)9-1-3-10(18)4-2-9/h1-7H,8H2,(H,19,24)(H,20,21,22). The van der Waals surface area contributed by atoms with Crippen LogP contribution in [-0.4, -0.2) is 31.8 Å². The number of benzene rings is 2. The minimum Gasteiger partial charge on any atom is -0.324 e. The smallest absolute Gasteiger partial charge is 0.270 e. The van der Waals surface area contributed by atoms with Crippen LogP contribution in [0, 0.1) is 10.1 Å². The maximum absolute atomic E-state index is 12.1. The van der Waals surface area contributed by atoms with Crippen LogP contribution in [-0.2, 0) is 4.79 Å². The van der Waals surface area contributed by atoms with E-state index in [2.05, 4.69) is 36.4 Å². The number of amides is 1. The predicted molar refractivity (Wildman–Crippen MR) is 107 cm³/mol. The van der Waals surface area contributed by atoms with Crippen LogP contribution in [0.1, 0.15) is 0 Å². The Hall–Kier alpha value is -2.43. The second kappa shape index (κ2) is 8.51. The van der Waals surface area contributed by atoms with E-state index in [1.54, 1.807) is 12.1 Å². The summed E-state index contributed by atoms with van der Waals surface area (Å²) >= 11 is 10.2. The number of carbonyl (C=O) groups excluding carboxylic acids is 1. The van der Waals surface area contributed by atoms with Crippen LogP contribution in [0.5, 0.6) is 0 Å². The van der Waals surface area contributed by atoms with Crippen LogP contribution in [0.3, 0.4) is 0 Å². The van der Waals surface area contributed by atoms with Crippen molar-refractivity contribution in [1.82, 2.24) is 15.2 Å². The number of nitro benzene ring substituents is 1. The molecule has 11 heteroatoms. The van der Waals surface area contributed by atoms with Gasteiger partial charge in [-0.1, -0.05) is 23.4 Å².